The van der Waals surface area contributed by atoms with Crippen LogP contribution in [0.15, 0.2) is 66.9 Å². The molecular formula is C23H22N4O. The lowest BCUT2D eigenvalue weighted by Crippen LogP contribution is -2.22. The van der Waals surface area contributed by atoms with Gasteiger partial charge in [0.15, 0.2) is 5.82 Å². The minimum atomic E-state index is 0.177. The van der Waals surface area contributed by atoms with Crippen molar-refractivity contribution in [1.29, 1.82) is 0 Å². The number of anilines is 1. The topological polar surface area (TPSA) is 62.1 Å². The van der Waals surface area contributed by atoms with Crippen molar-refractivity contribution < 1.29 is 5.11 Å². The van der Waals surface area contributed by atoms with E-state index in [9.17, 15) is 5.11 Å². The Labute approximate surface area is 164 Å². The zero-order valence-electron chi connectivity index (χ0n) is 16.0. The maximum absolute atomic E-state index is 10.3. The molecule has 2 aromatic heterocycles. The van der Waals surface area contributed by atoms with Crippen LogP contribution >= 0.6 is 0 Å². The molecule has 5 heteroatoms. The third-order valence-electron chi connectivity index (χ3n) is 4.77. The first-order chi connectivity index (χ1) is 13.6. The number of nitrogens with zero attached hydrogens (tertiary/aromatic N) is 4. The Morgan fingerprint density at radius 1 is 0.964 bits per heavy atom. The molecule has 140 valence electrons. The SMILES string of the molecule is Cc1ccc2c(N(C)CCc3ccccn3)nc(-c3ccccc3O)nc2c1. The van der Waals surface area contributed by atoms with E-state index >= 15 is 0 Å². The number of hydrogen-bond donors (Lipinski definition) is 1. The number of para-hydroxylation sites is 1. The van der Waals surface area contributed by atoms with E-state index in [0.29, 0.717) is 11.4 Å². The summed E-state index contributed by atoms with van der Waals surface area (Å²) >= 11 is 0. The zero-order chi connectivity index (χ0) is 19.5. The number of pyridine rings is 1. The molecule has 4 aromatic rings. The summed E-state index contributed by atoms with van der Waals surface area (Å²) in [6.07, 6.45) is 2.63. The standard InChI is InChI=1S/C23H22N4O/c1-16-10-11-18-20(15-16)25-22(19-8-3-4-9-21(19)28)26-23(18)27(2)14-12-17-7-5-6-13-24-17/h3-11,13,15,28H,12,14H2,1-2H3. The average molecular weight is 370 g/mol. The van der Waals surface area contributed by atoms with Gasteiger partial charge in [0.05, 0.1) is 11.1 Å². The molecule has 0 unspecified atom stereocenters. The van der Waals surface area contributed by atoms with Gasteiger partial charge in [-0.2, -0.15) is 0 Å². The molecule has 0 aliphatic heterocycles. The minimum absolute atomic E-state index is 0.177. The van der Waals surface area contributed by atoms with Crippen molar-refractivity contribution in [3.8, 4) is 17.1 Å². The van der Waals surface area contributed by atoms with Crippen LogP contribution in [-0.4, -0.2) is 33.7 Å². The van der Waals surface area contributed by atoms with Crippen molar-refractivity contribution in [3.05, 3.63) is 78.1 Å². The number of aromatic nitrogens is 3. The van der Waals surface area contributed by atoms with Crippen LogP contribution in [0.5, 0.6) is 5.75 Å². The number of hydrogen-bond acceptors (Lipinski definition) is 5. The van der Waals surface area contributed by atoms with E-state index in [1.54, 1.807) is 12.1 Å². The molecule has 0 aliphatic carbocycles. The molecule has 0 amide bonds. The minimum Gasteiger partial charge on any atom is -0.507 e. The summed E-state index contributed by atoms with van der Waals surface area (Å²) in [6.45, 7) is 2.82. The number of phenols is 1. The molecule has 0 spiro atoms. The van der Waals surface area contributed by atoms with Crippen molar-refractivity contribution in [3.63, 3.8) is 0 Å². The predicted octanol–water partition coefficient (Wildman–Crippen LogP) is 4.38. The van der Waals surface area contributed by atoms with Crippen LogP contribution in [0.3, 0.4) is 0 Å². The summed E-state index contributed by atoms with van der Waals surface area (Å²) < 4.78 is 0. The Hall–Kier alpha value is -3.47. The second-order valence-corrected chi connectivity index (χ2v) is 6.90. The van der Waals surface area contributed by atoms with Crippen LogP contribution in [0.1, 0.15) is 11.3 Å². The lowest BCUT2D eigenvalue weighted by Gasteiger charge is -2.21. The Kier molecular flexibility index (Phi) is 4.89. The van der Waals surface area contributed by atoms with Crippen LogP contribution < -0.4 is 4.90 Å². The third-order valence-corrected chi connectivity index (χ3v) is 4.77. The Bertz CT molecular complexity index is 1110. The maximum Gasteiger partial charge on any atom is 0.165 e. The van der Waals surface area contributed by atoms with Gasteiger partial charge in [-0.1, -0.05) is 24.3 Å². The summed E-state index contributed by atoms with van der Waals surface area (Å²) in [5.74, 6) is 1.55. The number of aryl methyl sites for hydroxylation is 1. The molecule has 0 fully saturated rings. The largest absolute Gasteiger partial charge is 0.507 e. The van der Waals surface area contributed by atoms with E-state index in [4.69, 9.17) is 9.97 Å². The molecule has 0 aliphatic rings. The molecule has 4 rings (SSSR count). The normalized spacial score (nSPS) is 10.9. The van der Waals surface area contributed by atoms with Crippen LogP contribution in [0, 0.1) is 6.92 Å². The van der Waals surface area contributed by atoms with E-state index in [1.165, 1.54) is 0 Å². The Morgan fingerprint density at radius 3 is 2.57 bits per heavy atom. The molecule has 1 N–H and O–H groups in total. The first kappa shape index (κ1) is 17.9. The van der Waals surface area contributed by atoms with Gasteiger partial charge in [-0.15, -0.1) is 0 Å². The van der Waals surface area contributed by atoms with Gasteiger partial charge in [0, 0.05) is 37.3 Å². The Morgan fingerprint density at radius 2 is 1.79 bits per heavy atom. The number of phenolic OH excluding ortho intramolecular Hbond substituents is 1. The zero-order valence-corrected chi connectivity index (χ0v) is 16.0. The molecule has 28 heavy (non-hydrogen) atoms. The first-order valence-electron chi connectivity index (χ1n) is 9.29. The summed E-state index contributed by atoms with van der Waals surface area (Å²) in [5, 5.41) is 11.3. The quantitative estimate of drug-likeness (QED) is 0.565. The number of aromatic hydroxyl groups is 1. The second-order valence-electron chi connectivity index (χ2n) is 6.90. The second kappa shape index (κ2) is 7.64. The molecule has 2 aromatic carbocycles. The third kappa shape index (κ3) is 3.64. The summed E-state index contributed by atoms with van der Waals surface area (Å²) in [7, 11) is 2.03. The average Bonchev–Trinajstić information content (AvgIpc) is 2.72. The Balaban J connectivity index is 1.76. The predicted molar refractivity (Wildman–Crippen MR) is 113 cm³/mol. The van der Waals surface area contributed by atoms with Gasteiger partial charge in [0.25, 0.3) is 0 Å². The van der Waals surface area contributed by atoms with Gasteiger partial charge in [-0.05, 0) is 48.9 Å². The lowest BCUT2D eigenvalue weighted by atomic mass is 10.1. The summed E-state index contributed by atoms with van der Waals surface area (Å²) in [4.78, 5) is 16.1. The number of benzene rings is 2. The van der Waals surface area contributed by atoms with Crippen LogP contribution in [0.2, 0.25) is 0 Å². The maximum atomic E-state index is 10.3. The van der Waals surface area contributed by atoms with Crippen molar-refractivity contribution in [2.45, 2.75) is 13.3 Å². The molecule has 0 bridgehead atoms. The van der Waals surface area contributed by atoms with E-state index < -0.39 is 0 Å². The van der Waals surface area contributed by atoms with Crippen molar-refractivity contribution in [1.82, 2.24) is 15.0 Å². The summed E-state index contributed by atoms with van der Waals surface area (Å²) in [5.41, 5.74) is 3.68. The summed E-state index contributed by atoms with van der Waals surface area (Å²) in [6, 6.07) is 19.3. The van der Waals surface area contributed by atoms with Gasteiger partial charge in [0.1, 0.15) is 11.6 Å². The number of fused-ring (bicyclic) bond motifs is 1. The van der Waals surface area contributed by atoms with Gasteiger partial charge in [-0.25, -0.2) is 9.97 Å². The number of likely N-dealkylation sites (N-methyl/N-ethyl adjacent to an activating group) is 1. The molecule has 5 nitrogen and oxygen atoms in total. The fourth-order valence-corrected chi connectivity index (χ4v) is 3.23. The van der Waals surface area contributed by atoms with E-state index in [-0.39, 0.29) is 5.75 Å². The highest BCUT2D eigenvalue weighted by Crippen LogP contribution is 2.31. The molecule has 2 heterocycles. The smallest absolute Gasteiger partial charge is 0.165 e. The molecule has 0 atom stereocenters. The first-order valence-corrected chi connectivity index (χ1v) is 9.29. The van der Waals surface area contributed by atoms with Gasteiger partial charge < -0.3 is 10.0 Å². The molecular weight excluding hydrogens is 348 g/mol. The lowest BCUT2D eigenvalue weighted by molar-refractivity contribution is 0.477. The van der Waals surface area contributed by atoms with Gasteiger partial charge >= 0.3 is 0 Å². The molecule has 0 saturated heterocycles. The highest BCUT2D eigenvalue weighted by molar-refractivity contribution is 5.91. The van der Waals surface area contributed by atoms with E-state index in [0.717, 1.165) is 40.9 Å². The monoisotopic (exact) mass is 370 g/mol. The fraction of sp³-hybridized carbons (Fsp3) is 0.174. The highest BCUT2D eigenvalue weighted by atomic mass is 16.3. The van der Waals surface area contributed by atoms with Crippen molar-refractivity contribution in [2.24, 2.45) is 0 Å². The van der Waals surface area contributed by atoms with Crippen LogP contribution in [0.25, 0.3) is 22.3 Å². The van der Waals surface area contributed by atoms with E-state index in [1.807, 2.05) is 50.5 Å². The van der Waals surface area contributed by atoms with Crippen molar-refractivity contribution >= 4 is 16.7 Å². The van der Waals surface area contributed by atoms with Gasteiger partial charge in [-0.3, -0.25) is 4.98 Å². The van der Waals surface area contributed by atoms with Gasteiger partial charge in [0.2, 0.25) is 0 Å². The van der Waals surface area contributed by atoms with Crippen LogP contribution in [0.4, 0.5) is 5.82 Å². The van der Waals surface area contributed by atoms with Crippen molar-refractivity contribution in [2.75, 3.05) is 18.5 Å². The fourth-order valence-electron chi connectivity index (χ4n) is 3.23. The molecule has 0 saturated carbocycles. The van der Waals surface area contributed by atoms with E-state index in [2.05, 4.69) is 28.1 Å². The number of rotatable bonds is 5. The molecule has 0 radical (unpaired) electrons. The van der Waals surface area contributed by atoms with Crippen LogP contribution in [-0.2, 0) is 6.42 Å². The highest BCUT2D eigenvalue weighted by Gasteiger charge is 2.15.